The smallest absolute Gasteiger partial charge is 0.233 e. The van der Waals surface area contributed by atoms with Gasteiger partial charge in [0.15, 0.2) is 0 Å². The van der Waals surface area contributed by atoms with E-state index >= 15 is 0 Å². The van der Waals surface area contributed by atoms with Crippen molar-refractivity contribution in [2.24, 2.45) is 0 Å². The summed E-state index contributed by atoms with van der Waals surface area (Å²) in [7, 11) is 0. The number of aromatic nitrogens is 1. The summed E-state index contributed by atoms with van der Waals surface area (Å²) in [6.07, 6.45) is 4.24. The standard InChI is InChI=1S/C19H21N3O3S/c1-14(23)21-16-4-2-5-17(12-16)25-11-3-10-22-18(24)13-26-19(22)15-6-8-20-9-7-15/h2,4-9,12,19H,3,10-11,13H2,1H3,(H,21,23). The monoisotopic (exact) mass is 371 g/mol. The maximum Gasteiger partial charge on any atom is 0.233 e. The van der Waals surface area contributed by atoms with Crippen molar-refractivity contribution in [3.8, 4) is 5.75 Å². The number of ether oxygens (including phenoxy) is 1. The van der Waals surface area contributed by atoms with Crippen molar-refractivity contribution in [2.45, 2.75) is 18.7 Å². The van der Waals surface area contributed by atoms with Crippen LogP contribution in [0.2, 0.25) is 0 Å². The topological polar surface area (TPSA) is 71.5 Å². The Morgan fingerprint density at radius 3 is 2.92 bits per heavy atom. The summed E-state index contributed by atoms with van der Waals surface area (Å²) >= 11 is 1.64. The molecule has 0 spiro atoms. The summed E-state index contributed by atoms with van der Waals surface area (Å²) in [6, 6.07) is 11.2. The van der Waals surface area contributed by atoms with Gasteiger partial charge in [-0.15, -0.1) is 11.8 Å². The van der Waals surface area contributed by atoms with E-state index in [2.05, 4.69) is 10.3 Å². The number of pyridine rings is 1. The third-order valence-electron chi connectivity index (χ3n) is 3.93. The highest BCUT2D eigenvalue weighted by Crippen LogP contribution is 2.38. The Morgan fingerprint density at radius 1 is 1.35 bits per heavy atom. The van der Waals surface area contributed by atoms with Gasteiger partial charge in [-0.2, -0.15) is 0 Å². The largest absolute Gasteiger partial charge is 0.493 e. The van der Waals surface area contributed by atoms with Crippen molar-refractivity contribution in [3.05, 3.63) is 54.4 Å². The molecule has 6 nitrogen and oxygen atoms in total. The van der Waals surface area contributed by atoms with Crippen molar-refractivity contribution in [3.63, 3.8) is 0 Å². The van der Waals surface area contributed by atoms with Crippen LogP contribution < -0.4 is 10.1 Å². The van der Waals surface area contributed by atoms with E-state index in [1.807, 2.05) is 35.2 Å². The summed E-state index contributed by atoms with van der Waals surface area (Å²) in [5, 5.41) is 2.78. The maximum atomic E-state index is 12.2. The van der Waals surface area contributed by atoms with Crippen LogP contribution in [0, 0.1) is 0 Å². The Labute approximate surface area is 156 Å². The van der Waals surface area contributed by atoms with Crippen LogP contribution in [-0.2, 0) is 9.59 Å². The molecule has 1 unspecified atom stereocenters. The minimum atomic E-state index is -0.116. The number of benzene rings is 1. The van der Waals surface area contributed by atoms with E-state index in [1.165, 1.54) is 6.92 Å². The van der Waals surface area contributed by atoms with Crippen LogP contribution in [0.3, 0.4) is 0 Å². The van der Waals surface area contributed by atoms with Crippen LogP contribution >= 0.6 is 11.8 Å². The van der Waals surface area contributed by atoms with Crippen molar-refractivity contribution in [1.82, 2.24) is 9.88 Å². The third-order valence-corrected chi connectivity index (χ3v) is 5.18. The van der Waals surface area contributed by atoms with Crippen LogP contribution in [0.1, 0.15) is 24.3 Å². The first kappa shape index (κ1) is 18.3. The molecular formula is C19H21N3O3S. The van der Waals surface area contributed by atoms with E-state index in [-0.39, 0.29) is 17.2 Å². The molecule has 1 aromatic carbocycles. The fourth-order valence-electron chi connectivity index (χ4n) is 2.79. The first-order valence-corrected chi connectivity index (χ1v) is 9.50. The number of amides is 2. The molecule has 3 rings (SSSR count). The van der Waals surface area contributed by atoms with Gasteiger partial charge in [-0.05, 0) is 36.2 Å². The molecule has 1 atom stereocenters. The SMILES string of the molecule is CC(=O)Nc1cccc(OCCCN2C(=O)CSC2c2ccncc2)c1. The van der Waals surface area contributed by atoms with Crippen LogP contribution in [0.15, 0.2) is 48.8 Å². The molecule has 1 aliphatic heterocycles. The summed E-state index contributed by atoms with van der Waals surface area (Å²) in [4.78, 5) is 29.2. The quantitative estimate of drug-likeness (QED) is 0.758. The van der Waals surface area contributed by atoms with Gasteiger partial charge in [-0.3, -0.25) is 14.6 Å². The van der Waals surface area contributed by atoms with E-state index in [9.17, 15) is 9.59 Å². The maximum absolute atomic E-state index is 12.2. The van der Waals surface area contributed by atoms with Crippen LogP contribution in [0.4, 0.5) is 5.69 Å². The van der Waals surface area contributed by atoms with Crippen LogP contribution in [0.25, 0.3) is 0 Å². The molecule has 7 heteroatoms. The van der Waals surface area contributed by atoms with E-state index in [4.69, 9.17) is 4.74 Å². The molecule has 136 valence electrons. The zero-order valence-corrected chi connectivity index (χ0v) is 15.4. The molecule has 1 aromatic heterocycles. The molecule has 26 heavy (non-hydrogen) atoms. The molecule has 0 aliphatic carbocycles. The Balaban J connectivity index is 1.51. The lowest BCUT2D eigenvalue weighted by Crippen LogP contribution is -2.30. The van der Waals surface area contributed by atoms with Crippen molar-refractivity contribution in [2.75, 3.05) is 24.2 Å². The fourth-order valence-corrected chi connectivity index (χ4v) is 4.01. The second-order valence-electron chi connectivity index (χ2n) is 5.94. The normalized spacial score (nSPS) is 16.6. The van der Waals surface area contributed by atoms with Gasteiger partial charge >= 0.3 is 0 Å². The molecule has 0 bridgehead atoms. The molecular weight excluding hydrogens is 350 g/mol. The lowest BCUT2D eigenvalue weighted by Gasteiger charge is -2.24. The van der Waals surface area contributed by atoms with Gasteiger partial charge in [0, 0.05) is 37.6 Å². The fraction of sp³-hybridized carbons (Fsp3) is 0.316. The number of carbonyl (C=O) groups is 2. The molecule has 1 N–H and O–H groups in total. The van der Waals surface area contributed by atoms with Gasteiger partial charge < -0.3 is 15.0 Å². The van der Waals surface area contributed by atoms with Crippen LogP contribution in [0.5, 0.6) is 5.75 Å². The lowest BCUT2D eigenvalue weighted by atomic mass is 10.2. The Morgan fingerprint density at radius 2 is 2.15 bits per heavy atom. The number of nitrogens with zero attached hydrogens (tertiary/aromatic N) is 2. The van der Waals surface area contributed by atoms with Gasteiger partial charge in [-0.25, -0.2) is 0 Å². The van der Waals surface area contributed by atoms with Gasteiger partial charge in [0.05, 0.1) is 12.4 Å². The highest BCUT2D eigenvalue weighted by molar-refractivity contribution is 8.00. The zero-order valence-electron chi connectivity index (χ0n) is 14.6. The van der Waals surface area contributed by atoms with Crippen molar-refractivity contribution in [1.29, 1.82) is 0 Å². The predicted molar refractivity (Wildman–Crippen MR) is 102 cm³/mol. The third kappa shape index (κ3) is 4.76. The Hall–Kier alpha value is -2.54. The predicted octanol–water partition coefficient (Wildman–Crippen LogP) is 3.08. The van der Waals surface area contributed by atoms with Gasteiger partial charge in [-0.1, -0.05) is 6.07 Å². The van der Waals surface area contributed by atoms with E-state index in [0.717, 1.165) is 12.0 Å². The number of thioether (sulfide) groups is 1. The minimum absolute atomic E-state index is 0.0496. The molecule has 1 fully saturated rings. The lowest BCUT2D eigenvalue weighted by molar-refractivity contribution is -0.128. The zero-order chi connectivity index (χ0) is 18.4. The molecule has 0 saturated carbocycles. The van der Waals surface area contributed by atoms with Crippen molar-refractivity contribution >= 4 is 29.3 Å². The molecule has 2 heterocycles. The summed E-state index contributed by atoms with van der Waals surface area (Å²) in [6.45, 7) is 2.61. The molecule has 1 aliphatic rings. The minimum Gasteiger partial charge on any atom is -0.493 e. The van der Waals surface area contributed by atoms with Crippen LogP contribution in [-0.4, -0.2) is 40.6 Å². The molecule has 0 radical (unpaired) electrons. The number of hydrogen-bond acceptors (Lipinski definition) is 5. The number of carbonyl (C=O) groups excluding carboxylic acids is 2. The second-order valence-corrected chi connectivity index (χ2v) is 7.01. The average Bonchev–Trinajstić information content (AvgIpc) is 3.00. The highest BCUT2D eigenvalue weighted by atomic mass is 32.2. The summed E-state index contributed by atoms with van der Waals surface area (Å²) in [5.74, 6) is 1.25. The van der Waals surface area contributed by atoms with E-state index < -0.39 is 0 Å². The molecule has 2 aromatic rings. The average molecular weight is 371 g/mol. The van der Waals surface area contributed by atoms with Gasteiger partial charge in [0.2, 0.25) is 11.8 Å². The van der Waals surface area contributed by atoms with Gasteiger partial charge in [0.1, 0.15) is 11.1 Å². The molecule has 2 amide bonds. The highest BCUT2D eigenvalue weighted by Gasteiger charge is 2.32. The van der Waals surface area contributed by atoms with E-state index in [0.29, 0.717) is 30.3 Å². The van der Waals surface area contributed by atoms with E-state index in [1.54, 1.807) is 30.2 Å². The number of rotatable bonds is 7. The first-order valence-electron chi connectivity index (χ1n) is 8.45. The summed E-state index contributed by atoms with van der Waals surface area (Å²) in [5.41, 5.74) is 1.80. The van der Waals surface area contributed by atoms with Crippen molar-refractivity contribution < 1.29 is 14.3 Å². The number of hydrogen-bond donors (Lipinski definition) is 1. The second kappa shape index (κ2) is 8.71. The van der Waals surface area contributed by atoms with Gasteiger partial charge in [0.25, 0.3) is 0 Å². The number of nitrogens with one attached hydrogen (secondary N) is 1. The number of anilines is 1. The summed E-state index contributed by atoms with van der Waals surface area (Å²) < 4.78 is 5.76. The Kier molecular flexibility index (Phi) is 6.12. The first-order chi connectivity index (χ1) is 12.6. The molecule has 1 saturated heterocycles. The Bertz CT molecular complexity index is 770.